The summed E-state index contributed by atoms with van der Waals surface area (Å²) in [6.45, 7) is 12.7. The van der Waals surface area contributed by atoms with Crippen LogP contribution in [0.2, 0.25) is 0 Å². The van der Waals surface area contributed by atoms with Gasteiger partial charge in [0.25, 0.3) is 0 Å². The number of pyridine rings is 1. The maximum absolute atomic E-state index is 9.91. The van der Waals surface area contributed by atoms with Gasteiger partial charge in [-0.15, -0.1) is 11.3 Å². The molecule has 3 aromatic heterocycles. The topological polar surface area (TPSA) is 133 Å². The third-order valence-corrected chi connectivity index (χ3v) is 10.1. The molecule has 3 aliphatic rings. The van der Waals surface area contributed by atoms with Gasteiger partial charge in [-0.1, -0.05) is 5.16 Å². The Morgan fingerprint density at radius 1 is 1.21 bits per heavy atom. The quantitative estimate of drug-likeness (QED) is 0.420. The molecule has 0 saturated carbocycles. The Morgan fingerprint density at radius 3 is 2.83 bits per heavy atom. The number of nitrogens with two attached hydrogens (primary N) is 1. The van der Waals surface area contributed by atoms with E-state index in [1.807, 2.05) is 0 Å². The minimum absolute atomic E-state index is 0.289. The van der Waals surface area contributed by atoms with Crippen molar-refractivity contribution < 1.29 is 9.26 Å². The Kier molecular flexibility index (Phi) is 8.36. The van der Waals surface area contributed by atoms with E-state index in [9.17, 15) is 5.26 Å². The fourth-order valence-electron chi connectivity index (χ4n) is 6.74. The number of fused-ring (bicyclic) bond motifs is 1. The highest BCUT2D eigenvalue weighted by molar-refractivity contribution is 7.16. The number of methoxy groups -OCH3 is 1. The predicted molar refractivity (Wildman–Crippen MR) is 165 cm³/mol. The molecular formula is C30H41N9O2S. The summed E-state index contributed by atoms with van der Waals surface area (Å²) in [7, 11) is 1.76. The zero-order chi connectivity index (χ0) is 29.3. The molecule has 0 bridgehead atoms. The number of anilines is 3. The summed E-state index contributed by atoms with van der Waals surface area (Å²) < 4.78 is 11.3. The zero-order valence-corrected chi connectivity index (χ0v) is 25.7. The molecule has 0 amide bonds. The van der Waals surface area contributed by atoms with Gasteiger partial charge in [0.1, 0.15) is 22.6 Å². The van der Waals surface area contributed by atoms with E-state index in [-0.39, 0.29) is 6.04 Å². The van der Waals surface area contributed by atoms with Crippen LogP contribution in [0.5, 0.6) is 0 Å². The van der Waals surface area contributed by atoms with Crippen LogP contribution in [0.25, 0.3) is 11.5 Å². The van der Waals surface area contributed by atoms with Crippen molar-refractivity contribution in [1.29, 1.82) is 5.26 Å². The number of aryl methyl sites for hydroxylation is 1. The molecule has 1 aliphatic carbocycles. The first-order chi connectivity index (χ1) is 20.4. The smallest absolute Gasteiger partial charge is 0.237 e. The molecule has 12 heteroatoms. The molecule has 0 aromatic carbocycles. The molecule has 2 saturated heterocycles. The summed E-state index contributed by atoms with van der Waals surface area (Å²) in [5, 5.41) is 18.4. The van der Waals surface area contributed by atoms with Crippen molar-refractivity contribution in [2.24, 2.45) is 0 Å². The molecule has 2 fully saturated rings. The number of thiophene rings is 1. The third-order valence-electron chi connectivity index (χ3n) is 8.99. The number of hydrogen-bond donors (Lipinski definition) is 2. The lowest BCUT2D eigenvalue weighted by atomic mass is 9.72. The number of nitrogen functional groups attached to an aromatic ring is 1. The van der Waals surface area contributed by atoms with Crippen LogP contribution in [0.1, 0.15) is 55.0 Å². The number of piperazine rings is 1. The highest BCUT2D eigenvalue weighted by atomic mass is 32.1. The van der Waals surface area contributed by atoms with E-state index in [2.05, 4.69) is 57.2 Å². The molecular weight excluding hydrogens is 550 g/mol. The Bertz CT molecular complexity index is 1440. The van der Waals surface area contributed by atoms with E-state index in [1.54, 1.807) is 7.11 Å². The Hall–Kier alpha value is -3.24. The van der Waals surface area contributed by atoms with Crippen molar-refractivity contribution in [3.8, 4) is 17.6 Å². The number of ether oxygens (including phenoxy) is 1. The van der Waals surface area contributed by atoms with Gasteiger partial charge >= 0.3 is 0 Å². The second-order valence-corrected chi connectivity index (χ2v) is 13.0. The highest BCUT2D eigenvalue weighted by Crippen LogP contribution is 2.48. The standard InChI is InChI=1S/C30H41N9O2S/c1-20-19-37(14-15-40-3)10-5-11-39(20)25-17-21(38-12-8-33-9-13-38)16-23(34-25)28-35-29(41-36-28)30(2)7-4-6-24-26(30)22(18-31)27(32)42-24/h16-17,20,33H,4-15,19,32H2,1-3H3/t20-,30-/m0/s1. The summed E-state index contributed by atoms with van der Waals surface area (Å²) in [6, 6.07) is 6.94. The largest absolute Gasteiger partial charge is 0.389 e. The average molecular weight is 592 g/mol. The maximum atomic E-state index is 9.91. The number of nitrogens with one attached hydrogen (secondary N) is 1. The van der Waals surface area contributed by atoms with Crippen LogP contribution in [0, 0.1) is 11.3 Å². The SMILES string of the molecule is COCCN1CCCN(c2cc(N3CCNCC3)cc(-c3noc([C@@]4(C)CCCc5sc(N)c(C#N)c54)n3)n2)[C@@H](C)C1. The van der Waals surface area contributed by atoms with Crippen LogP contribution in [-0.4, -0.2) is 92.1 Å². The molecule has 2 atom stereocenters. The minimum atomic E-state index is -0.568. The predicted octanol–water partition coefficient (Wildman–Crippen LogP) is 3.25. The number of rotatable bonds is 7. The first-order valence-corrected chi connectivity index (χ1v) is 15.8. The number of hydrogen-bond acceptors (Lipinski definition) is 12. The second-order valence-electron chi connectivity index (χ2n) is 11.9. The van der Waals surface area contributed by atoms with E-state index in [0.29, 0.717) is 28.0 Å². The van der Waals surface area contributed by atoms with Gasteiger partial charge in [0.05, 0.1) is 17.6 Å². The lowest BCUT2D eigenvalue weighted by Gasteiger charge is -2.33. The van der Waals surface area contributed by atoms with Gasteiger partial charge in [-0.05, 0) is 52.1 Å². The third kappa shape index (κ3) is 5.46. The van der Waals surface area contributed by atoms with Gasteiger partial charge in [-0.25, -0.2) is 4.98 Å². The van der Waals surface area contributed by atoms with Gasteiger partial charge in [-0.2, -0.15) is 10.2 Å². The van der Waals surface area contributed by atoms with Crippen LogP contribution in [0.15, 0.2) is 16.7 Å². The van der Waals surface area contributed by atoms with Gasteiger partial charge in [0.2, 0.25) is 11.7 Å². The summed E-state index contributed by atoms with van der Waals surface area (Å²) in [6.07, 6.45) is 3.76. The van der Waals surface area contributed by atoms with Crippen molar-refractivity contribution in [3.05, 3.63) is 34.0 Å². The van der Waals surface area contributed by atoms with Gasteiger partial charge in [-0.3, -0.25) is 4.90 Å². The minimum Gasteiger partial charge on any atom is -0.389 e. The van der Waals surface area contributed by atoms with Crippen LogP contribution >= 0.6 is 11.3 Å². The molecule has 6 rings (SSSR count). The molecule has 3 aromatic rings. The summed E-state index contributed by atoms with van der Waals surface area (Å²) in [4.78, 5) is 18.6. The monoisotopic (exact) mass is 591 g/mol. The summed E-state index contributed by atoms with van der Waals surface area (Å²) in [5.41, 5.74) is 9.01. The Morgan fingerprint density at radius 2 is 2.05 bits per heavy atom. The van der Waals surface area contributed by atoms with E-state index < -0.39 is 5.41 Å². The first kappa shape index (κ1) is 28.9. The molecule has 0 spiro atoms. The van der Waals surface area contributed by atoms with Crippen molar-refractivity contribution in [2.75, 3.05) is 81.6 Å². The van der Waals surface area contributed by atoms with Gasteiger partial charge in [0, 0.05) is 81.2 Å². The molecule has 5 heterocycles. The van der Waals surface area contributed by atoms with Crippen molar-refractivity contribution in [3.63, 3.8) is 0 Å². The summed E-state index contributed by atoms with van der Waals surface area (Å²) >= 11 is 1.51. The van der Waals surface area contributed by atoms with E-state index in [0.717, 1.165) is 107 Å². The zero-order valence-electron chi connectivity index (χ0n) is 24.9. The molecule has 0 unspecified atom stereocenters. The lowest BCUT2D eigenvalue weighted by molar-refractivity contribution is 0.148. The number of nitrogens with zero attached hydrogens (tertiary/aromatic N) is 7. The van der Waals surface area contributed by atoms with E-state index in [4.69, 9.17) is 25.0 Å². The average Bonchev–Trinajstić information content (AvgIpc) is 3.58. The van der Waals surface area contributed by atoms with Gasteiger partial charge < -0.3 is 30.1 Å². The van der Waals surface area contributed by atoms with Crippen molar-refractivity contribution in [2.45, 2.75) is 51.0 Å². The van der Waals surface area contributed by atoms with Crippen LogP contribution in [-0.2, 0) is 16.6 Å². The molecule has 11 nitrogen and oxygen atoms in total. The van der Waals surface area contributed by atoms with Crippen LogP contribution in [0.4, 0.5) is 16.5 Å². The first-order valence-electron chi connectivity index (χ1n) is 15.0. The normalized spacial score (nSPS) is 23.4. The highest BCUT2D eigenvalue weighted by Gasteiger charge is 2.43. The number of nitriles is 1. The fourth-order valence-corrected chi connectivity index (χ4v) is 7.93. The van der Waals surface area contributed by atoms with Crippen molar-refractivity contribution >= 4 is 27.8 Å². The van der Waals surface area contributed by atoms with E-state index in [1.165, 1.54) is 11.3 Å². The second kappa shape index (κ2) is 12.2. The maximum Gasteiger partial charge on any atom is 0.237 e. The fraction of sp³-hybridized carbons (Fsp3) is 0.600. The van der Waals surface area contributed by atoms with E-state index >= 15 is 0 Å². The summed E-state index contributed by atoms with van der Waals surface area (Å²) in [5.74, 6) is 1.93. The molecule has 0 radical (unpaired) electrons. The molecule has 224 valence electrons. The van der Waals surface area contributed by atoms with Crippen molar-refractivity contribution in [1.82, 2.24) is 25.3 Å². The Balaban J connectivity index is 1.36. The Labute approximate surface area is 251 Å². The van der Waals surface area contributed by atoms with Gasteiger partial charge in [0.15, 0.2) is 0 Å². The van der Waals surface area contributed by atoms with Crippen LogP contribution < -0.4 is 20.9 Å². The molecule has 3 N–H and O–H groups in total. The molecule has 42 heavy (non-hydrogen) atoms. The lowest BCUT2D eigenvalue weighted by Crippen LogP contribution is -2.44. The molecule has 2 aliphatic heterocycles. The number of aromatic nitrogens is 3. The van der Waals surface area contributed by atoms with Crippen LogP contribution in [0.3, 0.4) is 0 Å².